The number of fused-ring (bicyclic) bond motifs is 1. The monoisotopic (exact) mass is 245 g/mol. The van der Waals surface area contributed by atoms with Crippen LogP contribution in [0.4, 0.5) is 5.69 Å². The van der Waals surface area contributed by atoms with Crippen LogP contribution in [0.25, 0.3) is 10.2 Å². The van der Waals surface area contributed by atoms with Crippen LogP contribution in [0.1, 0.15) is 20.3 Å². The van der Waals surface area contributed by atoms with Crippen molar-refractivity contribution in [2.24, 2.45) is 5.41 Å². The van der Waals surface area contributed by atoms with Gasteiger partial charge in [0.15, 0.2) is 0 Å². The molecule has 0 amide bonds. The van der Waals surface area contributed by atoms with Crippen LogP contribution in [0.5, 0.6) is 0 Å². The van der Waals surface area contributed by atoms with Gasteiger partial charge in [0.1, 0.15) is 0 Å². The second-order valence-corrected chi connectivity index (χ2v) is 5.59. The zero-order valence-corrected chi connectivity index (χ0v) is 10.8. The Morgan fingerprint density at radius 1 is 1.47 bits per heavy atom. The van der Waals surface area contributed by atoms with Crippen LogP contribution in [-0.4, -0.2) is 11.5 Å². The fourth-order valence-corrected chi connectivity index (χ4v) is 2.26. The Balaban J connectivity index is 1.97. The van der Waals surface area contributed by atoms with E-state index in [1.54, 1.807) is 11.3 Å². The molecule has 1 heterocycles. The number of nitrogens with zero attached hydrogens (tertiary/aromatic N) is 2. The van der Waals surface area contributed by atoms with Gasteiger partial charge < -0.3 is 5.32 Å². The smallest absolute Gasteiger partial charge is 0.0813 e. The van der Waals surface area contributed by atoms with Crippen LogP contribution in [0.15, 0.2) is 23.7 Å². The topological polar surface area (TPSA) is 48.7 Å². The zero-order valence-electron chi connectivity index (χ0n) is 10.0. The molecule has 88 valence electrons. The molecule has 1 aromatic heterocycles. The molecule has 0 fully saturated rings. The van der Waals surface area contributed by atoms with Gasteiger partial charge in [-0.2, -0.15) is 5.26 Å². The molecule has 4 heteroatoms. The molecule has 0 atom stereocenters. The molecule has 0 spiro atoms. The number of nitrogens with one attached hydrogen (secondary N) is 1. The molecule has 0 aliphatic heterocycles. The molecule has 3 nitrogen and oxygen atoms in total. The Labute approximate surface area is 105 Å². The number of benzene rings is 1. The van der Waals surface area contributed by atoms with Gasteiger partial charge in [0.2, 0.25) is 0 Å². The first-order valence-corrected chi connectivity index (χ1v) is 6.47. The molecule has 1 N–H and O–H groups in total. The van der Waals surface area contributed by atoms with Crippen LogP contribution < -0.4 is 5.32 Å². The summed E-state index contributed by atoms with van der Waals surface area (Å²) in [6.07, 6.45) is 0.838. The van der Waals surface area contributed by atoms with Gasteiger partial charge in [0.05, 0.1) is 27.2 Å². The minimum Gasteiger partial charge on any atom is -0.385 e. The summed E-state index contributed by atoms with van der Waals surface area (Å²) in [5.41, 5.74) is 3.72. The predicted octanol–water partition coefficient (Wildman–Crippen LogP) is 3.65. The fraction of sp³-hybridized carbons (Fsp3) is 0.385. The van der Waals surface area contributed by atoms with Crippen molar-refractivity contribution in [3.63, 3.8) is 0 Å². The van der Waals surface area contributed by atoms with E-state index in [1.807, 2.05) is 31.5 Å². The lowest BCUT2D eigenvalue weighted by Gasteiger charge is -2.15. The van der Waals surface area contributed by atoms with Crippen molar-refractivity contribution < 1.29 is 0 Å². The summed E-state index contributed by atoms with van der Waals surface area (Å²) in [5.74, 6) is 0. The number of thiazole rings is 1. The standard InChI is InChI=1S/C13H15N3S/c1-13(2,8-14)5-6-15-10-3-4-11-12(7-10)17-9-16-11/h3-4,7,9,15H,5-6H2,1-2H3. The quantitative estimate of drug-likeness (QED) is 0.894. The second-order valence-electron chi connectivity index (χ2n) is 4.71. The van der Waals surface area contributed by atoms with E-state index in [0.29, 0.717) is 0 Å². The number of nitriles is 1. The first kappa shape index (κ1) is 11.9. The largest absolute Gasteiger partial charge is 0.385 e. The summed E-state index contributed by atoms with van der Waals surface area (Å²) in [4.78, 5) is 4.24. The van der Waals surface area contributed by atoms with Crippen molar-refractivity contribution in [1.82, 2.24) is 4.98 Å². The lowest BCUT2D eigenvalue weighted by Crippen LogP contribution is -2.14. The van der Waals surface area contributed by atoms with Crippen molar-refractivity contribution in [3.05, 3.63) is 23.7 Å². The maximum atomic E-state index is 8.92. The molecule has 0 unspecified atom stereocenters. The van der Waals surface area contributed by atoms with E-state index in [9.17, 15) is 0 Å². The number of hydrogen-bond acceptors (Lipinski definition) is 4. The van der Waals surface area contributed by atoms with Crippen molar-refractivity contribution in [1.29, 1.82) is 5.26 Å². The number of hydrogen-bond donors (Lipinski definition) is 1. The molecule has 2 rings (SSSR count). The maximum absolute atomic E-state index is 8.92. The van der Waals surface area contributed by atoms with Crippen LogP contribution in [0.3, 0.4) is 0 Å². The molecule has 1 aromatic carbocycles. The van der Waals surface area contributed by atoms with Crippen molar-refractivity contribution in [2.45, 2.75) is 20.3 Å². The van der Waals surface area contributed by atoms with Gasteiger partial charge in [-0.25, -0.2) is 4.98 Å². The molecule has 0 radical (unpaired) electrons. The van der Waals surface area contributed by atoms with E-state index in [4.69, 9.17) is 5.26 Å². The second kappa shape index (κ2) is 4.72. The van der Waals surface area contributed by atoms with Gasteiger partial charge >= 0.3 is 0 Å². The van der Waals surface area contributed by atoms with Crippen molar-refractivity contribution in [2.75, 3.05) is 11.9 Å². The van der Waals surface area contributed by atoms with Crippen molar-refractivity contribution >= 4 is 27.2 Å². The average Bonchev–Trinajstić information content (AvgIpc) is 2.76. The minimum atomic E-state index is -0.262. The fourth-order valence-electron chi connectivity index (χ4n) is 1.54. The average molecular weight is 245 g/mol. The summed E-state index contributed by atoms with van der Waals surface area (Å²) in [6.45, 7) is 4.73. The van der Waals surface area contributed by atoms with E-state index in [0.717, 1.165) is 24.2 Å². The Hall–Kier alpha value is -1.60. The molecule has 0 aliphatic rings. The predicted molar refractivity (Wildman–Crippen MR) is 72.1 cm³/mol. The molecule has 2 aromatic rings. The Bertz CT molecular complexity index is 551. The Morgan fingerprint density at radius 2 is 2.29 bits per heavy atom. The summed E-state index contributed by atoms with van der Waals surface area (Å²) in [6, 6.07) is 8.46. The third-order valence-electron chi connectivity index (χ3n) is 2.71. The van der Waals surface area contributed by atoms with Gasteiger partial charge in [-0.1, -0.05) is 0 Å². The van der Waals surface area contributed by atoms with Gasteiger partial charge in [0.25, 0.3) is 0 Å². The highest BCUT2D eigenvalue weighted by Crippen LogP contribution is 2.23. The number of aromatic nitrogens is 1. The molecule has 0 saturated heterocycles. The highest BCUT2D eigenvalue weighted by Gasteiger charge is 2.15. The third kappa shape index (κ3) is 2.95. The minimum absolute atomic E-state index is 0.262. The normalized spacial score (nSPS) is 11.4. The van der Waals surface area contributed by atoms with E-state index < -0.39 is 0 Å². The third-order valence-corrected chi connectivity index (χ3v) is 3.50. The van der Waals surface area contributed by atoms with Crippen LogP contribution >= 0.6 is 11.3 Å². The van der Waals surface area contributed by atoms with E-state index in [-0.39, 0.29) is 5.41 Å². The summed E-state index contributed by atoms with van der Waals surface area (Å²) in [5, 5.41) is 12.3. The molecule has 0 saturated carbocycles. The maximum Gasteiger partial charge on any atom is 0.0813 e. The molecular formula is C13H15N3S. The number of rotatable bonds is 4. The van der Waals surface area contributed by atoms with E-state index >= 15 is 0 Å². The first-order valence-electron chi connectivity index (χ1n) is 5.59. The van der Waals surface area contributed by atoms with Gasteiger partial charge in [-0.05, 0) is 38.5 Å². The zero-order chi connectivity index (χ0) is 12.3. The molecular weight excluding hydrogens is 230 g/mol. The molecule has 0 aliphatic carbocycles. The Morgan fingerprint density at radius 3 is 3.06 bits per heavy atom. The van der Waals surface area contributed by atoms with Crippen LogP contribution in [0.2, 0.25) is 0 Å². The highest BCUT2D eigenvalue weighted by atomic mass is 32.1. The summed E-state index contributed by atoms with van der Waals surface area (Å²) in [7, 11) is 0. The molecule has 17 heavy (non-hydrogen) atoms. The van der Waals surface area contributed by atoms with Crippen molar-refractivity contribution in [3.8, 4) is 6.07 Å². The van der Waals surface area contributed by atoms with Gasteiger partial charge in [-0.3, -0.25) is 0 Å². The number of anilines is 1. The van der Waals surface area contributed by atoms with Gasteiger partial charge in [-0.15, -0.1) is 11.3 Å². The lowest BCUT2D eigenvalue weighted by atomic mass is 9.91. The van der Waals surface area contributed by atoms with Crippen LogP contribution in [-0.2, 0) is 0 Å². The Kier molecular flexibility index (Phi) is 3.30. The van der Waals surface area contributed by atoms with Gasteiger partial charge in [0, 0.05) is 12.2 Å². The summed E-state index contributed by atoms with van der Waals surface area (Å²) < 4.78 is 1.19. The van der Waals surface area contributed by atoms with E-state index in [1.165, 1.54) is 4.70 Å². The highest BCUT2D eigenvalue weighted by molar-refractivity contribution is 7.16. The molecule has 0 bridgehead atoms. The SMILES string of the molecule is CC(C)(C#N)CCNc1ccc2ncsc2c1. The van der Waals surface area contributed by atoms with E-state index in [2.05, 4.69) is 22.4 Å². The lowest BCUT2D eigenvalue weighted by molar-refractivity contribution is 0.466. The summed E-state index contributed by atoms with van der Waals surface area (Å²) >= 11 is 1.64. The first-order chi connectivity index (χ1) is 8.11. The van der Waals surface area contributed by atoms with Crippen LogP contribution in [0, 0.1) is 16.7 Å².